The number of likely N-dealkylation sites (tertiary alicyclic amines) is 1. The molecule has 1 aromatic heterocycles. The van der Waals surface area contributed by atoms with E-state index in [-0.39, 0.29) is 18.0 Å². The van der Waals surface area contributed by atoms with Crippen molar-refractivity contribution in [3.63, 3.8) is 0 Å². The molecule has 1 aliphatic carbocycles. The second-order valence-corrected chi connectivity index (χ2v) is 9.03. The minimum Gasteiger partial charge on any atom is -0.352 e. The van der Waals surface area contributed by atoms with Gasteiger partial charge >= 0.3 is 0 Å². The number of fused-ring (bicyclic) bond motifs is 1. The number of rotatable bonds is 4. The summed E-state index contributed by atoms with van der Waals surface area (Å²) in [7, 11) is 0. The van der Waals surface area contributed by atoms with Gasteiger partial charge in [-0.2, -0.15) is 0 Å². The zero-order chi connectivity index (χ0) is 18.1. The minimum absolute atomic E-state index is 0.0939. The van der Waals surface area contributed by atoms with Crippen LogP contribution in [0.1, 0.15) is 63.4 Å². The second-order valence-electron chi connectivity index (χ2n) is 7.97. The Morgan fingerprint density at radius 1 is 1.23 bits per heavy atom. The topological polar surface area (TPSA) is 45.2 Å². The summed E-state index contributed by atoms with van der Waals surface area (Å²) in [5.74, 6) is 0.787. The summed E-state index contributed by atoms with van der Waals surface area (Å²) >= 11 is 1.78. The third-order valence-corrected chi connectivity index (χ3v) is 7.34. The summed E-state index contributed by atoms with van der Waals surface area (Å²) < 4.78 is 1.24. The molecule has 2 heterocycles. The van der Waals surface area contributed by atoms with Gasteiger partial charge in [0, 0.05) is 6.04 Å². The van der Waals surface area contributed by atoms with Crippen LogP contribution >= 0.6 is 11.3 Å². The third-order valence-electron chi connectivity index (χ3n) is 6.21. The summed E-state index contributed by atoms with van der Waals surface area (Å²) in [5.41, 5.74) is 1.08. The van der Waals surface area contributed by atoms with Crippen LogP contribution in [0.15, 0.2) is 24.3 Å². The van der Waals surface area contributed by atoms with E-state index in [1.54, 1.807) is 11.3 Å². The molecule has 4 unspecified atom stereocenters. The van der Waals surface area contributed by atoms with Crippen LogP contribution in [0.25, 0.3) is 10.2 Å². The van der Waals surface area contributed by atoms with Gasteiger partial charge in [0.1, 0.15) is 5.01 Å². The second kappa shape index (κ2) is 7.65. The number of hydrogen-bond donors (Lipinski definition) is 1. The van der Waals surface area contributed by atoms with Crippen molar-refractivity contribution in [2.75, 3.05) is 6.54 Å². The van der Waals surface area contributed by atoms with Gasteiger partial charge in [-0.15, -0.1) is 11.3 Å². The Morgan fingerprint density at radius 3 is 2.85 bits per heavy atom. The van der Waals surface area contributed by atoms with E-state index in [1.807, 2.05) is 6.07 Å². The molecule has 140 valence electrons. The van der Waals surface area contributed by atoms with E-state index < -0.39 is 0 Å². The van der Waals surface area contributed by atoms with E-state index >= 15 is 0 Å². The summed E-state index contributed by atoms with van der Waals surface area (Å²) in [6.07, 6.45) is 7.13. The number of carbonyl (C=O) groups excluding carboxylic acids is 1. The monoisotopic (exact) mass is 371 g/mol. The van der Waals surface area contributed by atoms with Gasteiger partial charge in [-0.25, -0.2) is 4.98 Å². The molecule has 1 N–H and O–H groups in total. The molecule has 0 spiro atoms. The Bertz CT molecular complexity index is 740. The number of nitrogens with zero attached hydrogens (tertiary/aromatic N) is 2. The lowest BCUT2D eigenvalue weighted by Crippen LogP contribution is -2.50. The number of carbonyl (C=O) groups is 1. The normalized spacial score (nSPS) is 28.3. The van der Waals surface area contributed by atoms with Crippen molar-refractivity contribution in [2.45, 2.75) is 70.5 Å². The van der Waals surface area contributed by atoms with Crippen molar-refractivity contribution >= 4 is 27.5 Å². The average molecular weight is 372 g/mol. The van der Waals surface area contributed by atoms with Gasteiger partial charge in [0.05, 0.1) is 22.3 Å². The van der Waals surface area contributed by atoms with Gasteiger partial charge in [-0.1, -0.05) is 31.9 Å². The number of aromatic nitrogens is 1. The number of nitrogens with one attached hydrogen (secondary N) is 1. The van der Waals surface area contributed by atoms with Crippen molar-refractivity contribution in [1.82, 2.24) is 15.2 Å². The Kier molecular flexibility index (Phi) is 5.28. The number of para-hydroxylation sites is 1. The van der Waals surface area contributed by atoms with E-state index in [0.29, 0.717) is 12.0 Å². The minimum atomic E-state index is -0.0939. The van der Waals surface area contributed by atoms with Crippen LogP contribution < -0.4 is 5.32 Å². The molecule has 2 aliphatic rings. The van der Waals surface area contributed by atoms with Crippen molar-refractivity contribution in [1.29, 1.82) is 0 Å². The first-order valence-electron chi connectivity index (χ1n) is 10.0. The lowest BCUT2D eigenvalue weighted by atomic mass is 9.86. The molecule has 1 saturated heterocycles. The molecule has 2 aromatic rings. The zero-order valence-corrected chi connectivity index (χ0v) is 16.6. The number of hydrogen-bond acceptors (Lipinski definition) is 4. The Hall–Kier alpha value is -1.46. The summed E-state index contributed by atoms with van der Waals surface area (Å²) in [5, 5.41) is 4.51. The largest absolute Gasteiger partial charge is 0.352 e. The highest BCUT2D eigenvalue weighted by atomic mass is 32.1. The molecule has 0 radical (unpaired) electrons. The van der Waals surface area contributed by atoms with Gasteiger partial charge < -0.3 is 5.32 Å². The maximum absolute atomic E-state index is 12.9. The third kappa shape index (κ3) is 3.52. The van der Waals surface area contributed by atoms with Crippen LogP contribution in [-0.2, 0) is 4.79 Å². The standard InChI is InChI=1S/C21H29N3OS/c1-14-8-3-4-9-16(14)22-20(25)15(2)24-13-7-11-18(24)21-23-17-10-5-6-12-19(17)26-21/h5-6,10,12,14-16,18H,3-4,7-9,11,13H2,1-2H3,(H,22,25). The lowest BCUT2D eigenvalue weighted by Gasteiger charge is -2.33. The first kappa shape index (κ1) is 17.9. The summed E-state index contributed by atoms with van der Waals surface area (Å²) in [6.45, 7) is 5.32. The van der Waals surface area contributed by atoms with Crippen LogP contribution in [-0.4, -0.2) is 34.4 Å². The first-order chi connectivity index (χ1) is 12.6. The highest BCUT2D eigenvalue weighted by Crippen LogP contribution is 2.37. The van der Waals surface area contributed by atoms with Gasteiger partial charge in [0.15, 0.2) is 0 Å². The van der Waals surface area contributed by atoms with Gasteiger partial charge in [0.2, 0.25) is 5.91 Å². The Labute approximate surface area is 160 Å². The van der Waals surface area contributed by atoms with Crippen molar-refractivity contribution in [2.24, 2.45) is 5.92 Å². The highest BCUT2D eigenvalue weighted by molar-refractivity contribution is 7.18. The first-order valence-corrected chi connectivity index (χ1v) is 10.9. The maximum atomic E-state index is 12.9. The molecule has 1 aliphatic heterocycles. The van der Waals surface area contributed by atoms with Crippen molar-refractivity contribution in [3.05, 3.63) is 29.3 Å². The van der Waals surface area contributed by atoms with Crippen molar-refractivity contribution in [3.8, 4) is 0 Å². The fourth-order valence-electron chi connectivity index (χ4n) is 4.53. The van der Waals surface area contributed by atoms with Crippen LogP contribution in [0.5, 0.6) is 0 Å². The van der Waals surface area contributed by atoms with Gasteiger partial charge in [-0.05, 0) is 57.2 Å². The quantitative estimate of drug-likeness (QED) is 0.860. The summed E-state index contributed by atoms with van der Waals surface area (Å²) in [6, 6.07) is 8.85. The van der Waals surface area contributed by atoms with Crippen molar-refractivity contribution < 1.29 is 4.79 Å². The Morgan fingerprint density at radius 2 is 2.04 bits per heavy atom. The fourth-order valence-corrected chi connectivity index (χ4v) is 5.66. The molecule has 1 amide bonds. The van der Waals surface area contributed by atoms with Gasteiger partial charge in [0.25, 0.3) is 0 Å². The number of amides is 1. The van der Waals surface area contributed by atoms with Crippen LogP contribution in [0.2, 0.25) is 0 Å². The molecule has 4 rings (SSSR count). The number of benzene rings is 1. The molecular formula is C21H29N3OS. The predicted molar refractivity (Wildman–Crippen MR) is 107 cm³/mol. The molecule has 4 nitrogen and oxygen atoms in total. The predicted octanol–water partition coefficient (Wildman–Crippen LogP) is 4.52. The van der Waals surface area contributed by atoms with Gasteiger partial charge in [-0.3, -0.25) is 9.69 Å². The smallest absolute Gasteiger partial charge is 0.237 e. The van der Waals surface area contributed by atoms with Crippen LogP contribution in [0.3, 0.4) is 0 Å². The molecule has 26 heavy (non-hydrogen) atoms. The van der Waals surface area contributed by atoms with E-state index in [1.165, 1.54) is 24.0 Å². The van der Waals surface area contributed by atoms with E-state index in [4.69, 9.17) is 4.98 Å². The molecular weight excluding hydrogens is 342 g/mol. The molecule has 0 bridgehead atoms. The fraction of sp³-hybridized carbons (Fsp3) is 0.619. The van der Waals surface area contributed by atoms with Crippen LogP contribution in [0.4, 0.5) is 0 Å². The number of thiazole rings is 1. The lowest BCUT2D eigenvalue weighted by molar-refractivity contribution is -0.127. The molecule has 1 saturated carbocycles. The molecule has 2 fully saturated rings. The molecule has 4 atom stereocenters. The molecule has 1 aromatic carbocycles. The SMILES string of the molecule is CC1CCCCC1NC(=O)C(C)N1CCCC1c1nc2ccccc2s1. The highest BCUT2D eigenvalue weighted by Gasteiger charge is 2.36. The summed E-state index contributed by atoms with van der Waals surface area (Å²) in [4.78, 5) is 20.1. The molecule has 5 heteroatoms. The average Bonchev–Trinajstić information content (AvgIpc) is 3.29. The van der Waals surface area contributed by atoms with Crippen LogP contribution in [0, 0.1) is 5.92 Å². The zero-order valence-electron chi connectivity index (χ0n) is 15.8. The maximum Gasteiger partial charge on any atom is 0.237 e. The van der Waals surface area contributed by atoms with E-state index in [2.05, 4.69) is 42.3 Å². The van der Waals surface area contributed by atoms with E-state index in [9.17, 15) is 4.79 Å². The Balaban J connectivity index is 1.47. The van der Waals surface area contributed by atoms with E-state index in [0.717, 1.165) is 36.3 Å².